The second kappa shape index (κ2) is 6.66. The van der Waals surface area contributed by atoms with Crippen LogP contribution in [0.4, 0.5) is 30.6 Å². The molecule has 2 atom stereocenters. The Kier molecular flexibility index (Phi) is 4.45. The number of fused-ring (bicyclic) bond motifs is 2. The van der Waals surface area contributed by atoms with Crippen LogP contribution in [0.5, 0.6) is 0 Å². The molecule has 2 N–H and O–H groups in total. The first kappa shape index (κ1) is 18.0. The Morgan fingerprint density at radius 1 is 1.22 bits per heavy atom. The Labute approximate surface area is 154 Å². The van der Waals surface area contributed by atoms with E-state index in [0.717, 1.165) is 37.6 Å². The maximum atomic E-state index is 13.0. The van der Waals surface area contributed by atoms with Crippen LogP contribution in [-0.2, 0) is 10.9 Å². The van der Waals surface area contributed by atoms with Crippen molar-refractivity contribution in [3.63, 3.8) is 0 Å². The minimum atomic E-state index is -4.51. The number of rotatable bonds is 4. The van der Waals surface area contributed by atoms with Crippen LogP contribution in [0.3, 0.4) is 0 Å². The lowest BCUT2D eigenvalue weighted by molar-refractivity contribution is -0.137. The monoisotopic (exact) mass is 382 g/mol. The molecule has 0 radical (unpaired) electrons. The molecule has 2 unspecified atom stereocenters. The molecule has 2 aliphatic heterocycles. The molecule has 7 nitrogen and oxygen atoms in total. The lowest BCUT2D eigenvalue weighted by Crippen LogP contribution is -2.27. The first-order chi connectivity index (χ1) is 12.8. The topological polar surface area (TPSA) is 76.9 Å². The SMILES string of the molecule is CNc1nc(Nc2cn(C3CC4CCC(C3)O4)nc2C)ncc1C(F)(F)F. The van der Waals surface area contributed by atoms with E-state index in [9.17, 15) is 13.2 Å². The van der Waals surface area contributed by atoms with Crippen LogP contribution in [0.2, 0.25) is 0 Å². The van der Waals surface area contributed by atoms with Crippen molar-refractivity contribution in [3.05, 3.63) is 23.7 Å². The van der Waals surface area contributed by atoms with Crippen molar-refractivity contribution < 1.29 is 17.9 Å². The molecule has 2 aromatic rings. The van der Waals surface area contributed by atoms with Gasteiger partial charge < -0.3 is 15.4 Å². The van der Waals surface area contributed by atoms with Crippen molar-refractivity contribution in [1.82, 2.24) is 19.7 Å². The van der Waals surface area contributed by atoms with Gasteiger partial charge in [-0.3, -0.25) is 4.68 Å². The molecule has 0 aliphatic carbocycles. The van der Waals surface area contributed by atoms with E-state index >= 15 is 0 Å². The zero-order valence-electron chi connectivity index (χ0n) is 15.0. The summed E-state index contributed by atoms with van der Waals surface area (Å²) in [6.07, 6.45) is 2.77. The molecule has 2 fully saturated rings. The summed E-state index contributed by atoms with van der Waals surface area (Å²) in [6, 6.07) is 0.270. The van der Waals surface area contributed by atoms with Crippen LogP contribution in [0.25, 0.3) is 0 Å². The third-order valence-electron chi connectivity index (χ3n) is 5.13. The molecular weight excluding hydrogens is 361 g/mol. The lowest BCUT2D eigenvalue weighted by atomic mass is 10.0. The van der Waals surface area contributed by atoms with Crippen LogP contribution in [0.15, 0.2) is 12.4 Å². The second-order valence-corrected chi connectivity index (χ2v) is 7.02. The molecule has 27 heavy (non-hydrogen) atoms. The van der Waals surface area contributed by atoms with Gasteiger partial charge in [-0.2, -0.15) is 23.3 Å². The summed E-state index contributed by atoms with van der Waals surface area (Å²) in [5, 5.41) is 10.0. The largest absolute Gasteiger partial charge is 0.421 e. The van der Waals surface area contributed by atoms with Crippen molar-refractivity contribution in [2.45, 2.75) is 57.0 Å². The molecule has 0 amide bonds. The van der Waals surface area contributed by atoms with Crippen molar-refractivity contribution in [2.75, 3.05) is 17.7 Å². The smallest absolute Gasteiger partial charge is 0.375 e. The lowest BCUT2D eigenvalue weighted by Gasteiger charge is -2.28. The van der Waals surface area contributed by atoms with Gasteiger partial charge in [-0.25, -0.2) is 4.98 Å². The van der Waals surface area contributed by atoms with Crippen molar-refractivity contribution in [2.24, 2.45) is 0 Å². The predicted octanol–water partition coefficient (Wildman–Crippen LogP) is 3.67. The number of nitrogens with one attached hydrogen (secondary N) is 2. The molecule has 4 rings (SSSR count). The van der Waals surface area contributed by atoms with E-state index < -0.39 is 11.7 Å². The van der Waals surface area contributed by atoms with E-state index in [4.69, 9.17) is 4.74 Å². The molecule has 0 aromatic carbocycles. The Balaban J connectivity index is 1.54. The highest BCUT2D eigenvalue weighted by Crippen LogP contribution is 2.39. The number of hydrogen-bond acceptors (Lipinski definition) is 6. The van der Waals surface area contributed by atoms with Crippen molar-refractivity contribution in [3.8, 4) is 0 Å². The molecular formula is C17H21F3N6O. The van der Waals surface area contributed by atoms with Crippen LogP contribution < -0.4 is 10.6 Å². The van der Waals surface area contributed by atoms with E-state index in [1.54, 1.807) is 0 Å². The number of alkyl halides is 3. The number of nitrogens with zero attached hydrogens (tertiary/aromatic N) is 4. The Morgan fingerprint density at radius 3 is 2.56 bits per heavy atom. The third-order valence-corrected chi connectivity index (χ3v) is 5.13. The van der Waals surface area contributed by atoms with Crippen molar-refractivity contribution >= 4 is 17.5 Å². The Bertz CT molecular complexity index is 825. The Morgan fingerprint density at radius 2 is 1.93 bits per heavy atom. The summed E-state index contributed by atoms with van der Waals surface area (Å²) in [5.74, 6) is -0.187. The average molecular weight is 382 g/mol. The van der Waals surface area contributed by atoms with Gasteiger partial charge in [-0.15, -0.1) is 0 Å². The van der Waals surface area contributed by atoms with Gasteiger partial charge in [0, 0.05) is 19.4 Å². The summed E-state index contributed by atoms with van der Waals surface area (Å²) in [7, 11) is 1.39. The molecule has 10 heteroatoms. The van der Waals surface area contributed by atoms with Gasteiger partial charge in [-0.05, 0) is 32.6 Å². The van der Waals surface area contributed by atoms with E-state index in [-0.39, 0.29) is 17.8 Å². The van der Waals surface area contributed by atoms with Gasteiger partial charge in [0.15, 0.2) is 0 Å². The molecule has 2 aromatic heterocycles. The van der Waals surface area contributed by atoms with Gasteiger partial charge in [0.05, 0.1) is 29.6 Å². The molecule has 2 saturated heterocycles. The quantitative estimate of drug-likeness (QED) is 0.840. The fourth-order valence-corrected chi connectivity index (χ4v) is 3.80. The highest BCUT2D eigenvalue weighted by molar-refractivity contribution is 5.57. The summed E-state index contributed by atoms with van der Waals surface area (Å²) >= 11 is 0. The first-order valence-electron chi connectivity index (χ1n) is 8.93. The summed E-state index contributed by atoms with van der Waals surface area (Å²) in [6.45, 7) is 1.84. The van der Waals surface area contributed by atoms with E-state index in [0.29, 0.717) is 17.9 Å². The number of halogens is 3. The maximum absolute atomic E-state index is 13.0. The van der Waals surface area contributed by atoms with Crippen LogP contribution in [0, 0.1) is 6.92 Å². The summed E-state index contributed by atoms with van der Waals surface area (Å²) in [5.41, 5.74) is 0.514. The average Bonchev–Trinajstić information content (AvgIpc) is 3.15. The fraction of sp³-hybridized carbons (Fsp3) is 0.588. The van der Waals surface area contributed by atoms with Crippen LogP contribution in [0.1, 0.15) is 43.0 Å². The van der Waals surface area contributed by atoms with Crippen LogP contribution in [-0.4, -0.2) is 39.0 Å². The zero-order valence-corrected chi connectivity index (χ0v) is 15.0. The fourth-order valence-electron chi connectivity index (χ4n) is 3.80. The van der Waals surface area contributed by atoms with Gasteiger partial charge >= 0.3 is 6.18 Å². The number of aryl methyl sites for hydroxylation is 1. The standard InChI is InChI=1S/C17H21F3N6O/c1-9-14(8-26(25-9)10-5-11-3-4-12(6-10)27-11)23-16-22-7-13(17(18,19)20)15(21-2)24-16/h7-8,10-12H,3-6H2,1-2H3,(H2,21,22,23,24). The molecule has 0 saturated carbocycles. The number of aromatic nitrogens is 4. The van der Waals surface area contributed by atoms with Crippen molar-refractivity contribution in [1.29, 1.82) is 0 Å². The molecule has 146 valence electrons. The maximum Gasteiger partial charge on any atom is 0.421 e. The number of anilines is 3. The van der Waals surface area contributed by atoms with E-state index in [1.807, 2.05) is 17.8 Å². The summed E-state index contributed by atoms with van der Waals surface area (Å²) < 4.78 is 46.7. The third kappa shape index (κ3) is 3.58. The molecule has 4 heterocycles. The minimum absolute atomic E-state index is 0.0852. The Hall–Kier alpha value is -2.36. The van der Waals surface area contributed by atoms with Gasteiger partial charge in [0.25, 0.3) is 0 Å². The summed E-state index contributed by atoms with van der Waals surface area (Å²) in [4.78, 5) is 7.75. The van der Waals surface area contributed by atoms with E-state index in [2.05, 4.69) is 25.7 Å². The zero-order chi connectivity index (χ0) is 19.2. The number of ether oxygens (including phenoxy) is 1. The van der Waals surface area contributed by atoms with Gasteiger partial charge in [-0.1, -0.05) is 0 Å². The highest BCUT2D eigenvalue weighted by atomic mass is 19.4. The molecule has 2 bridgehead atoms. The molecule has 0 spiro atoms. The van der Waals surface area contributed by atoms with Crippen LogP contribution >= 0.6 is 0 Å². The number of hydrogen-bond donors (Lipinski definition) is 2. The van der Waals surface area contributed by atoms with Gasteiger partial charge in [0.1, 0.15) is 11.4 Å². The second-order valence-electron chi connectivity index (χ2n) is 7.02. The first-order valence-corrected chi connectivity index (χ1v) is 8.93. The predicted molar refractivity (Wildman–Crippen MR) is 93.0 cm³/mol. The minimum Gasteiger partial charge on any atom is -0.375 e. The van der Waals surface area contributed by atoms with Gasteiger partial charge in [0.2, 0.25) is 5.95 Å². The molecule has 2 aliphatic rings. The normalized spacial score (nSPS) is 24.9. The van der Waals surface area contributed by atoms with E-state index in [1.165, 1.54) is 7.05 Å². The highest BCUT2D eigenvalue weighted by Gasteiger charge is 2.37.